The van der Waals surface area contributed by atoms with E-state index in [-0.39, 0.29) is 18.2 Å². The van der Waals surface area contributed by atoms with Crippen molar-refractivity contribution in [1.82, 2.24) is 9.55 Å². The second kappa shape index (κ2) is 8.53. The number of carbonyl (C=O) groups is 2. The number of aromatic nitrogens is 2. The van der Waals surface area contributed by atoms with Crippen molar-refractivity contribution in [3.8, 4) is 5.75 Å². The van der Waals surface area contributed by atoms with Gasteiger partial charge in [0.05, 0.1) is 24.7 Å². The standard InChI is InChI=1S/C23H20ClN3O3S/c1-13-12-31-23(25-13)26-21(28)11-18-14(2)27(20-9-8-17(30-3)10-19(18)20)22(29)15-4-6-16(24)7-5-15/h4-10,12H,11H2,1-3H3,(H,25,26,28). The summed E-state index contributed by atoms with van der Waals surface area (Å²) in [6.07, 6.45) is 0.106. The van der Waals surface area contributed by atoms with Gasteiger partial charge >= 0.3 is 0 Å². The van der Waals surface area contributed by atoms with Crippen LogP contribution in [-0.2, 0) is 11.2 Å². The zero-order valence-electron chi connectivity index (χ0n) is 17.2. The first-order valence-electron chi connectivity index (χ1n) is 9.57. The second-order valence-corrected chi connectivity index (χ2v) is 8.41. The van der Waals surface area contributed by atoms with E-state index >= 15 is 0 Å². The minimum absolute atomic E-state index is 0.106. The number of methoxy groups -OCH3 is 1. The summed E-state index contributed by atoms with van der Waals surface area (Å²) in [4.78, 5) is 30.3. The zero-order valence-corrected chi connectivity index (χ0v) is 18.8. The van der Waals surface area contributed by atoms with Gasteiger partial charge < -0.3 is 10.1 Å². The van der Waals surface area contributed by atoms with Crippen LogP contribution in [0.15, 0.2) is 47.8 Å². The molecular formula is C23H20ClN3O3S. The predicted molar refractivity (Wildman–Crippen MR) is 124 cm³/mol. The molecule has 0 bridgehead atoms. The predicted octanol–water partition coefficient (Wildman–Crippen LogP) is 5.25. The Labute approximate surface area is 188 Å². The Hall–Kier alpha value is -3.16. The Bertz CT molecular complexity index is 1290. The number of benzene rings is 2. The maximum absolute atomic E-state index is 13.3. The highest BCUT2D eigenvalue weighted by Crippen LogP contribution is 2.31. The van der Waals surface area contributed by atoms with Crippen molar-refractivity contribution >= 4 is 50.8 Å². The van der Waals surface area contributed by atoms with E-state index in [1.165, 1.54) is 11.3 Å². The summed E-state index contributed by atoms with van der Waals surface area (Å²) in [6, 6.07) is 12.2. The molecule has 2 aromatic carbocycles. The van der Waals surface area contributed by atoms with Crippen molar-refractivity contribution in [2.45, 2.75) is 20.3 Å². The molecule has 1 N–H and O–H groups in total. The minimum atomic E-state index is -0.196. The SMILES string of the molecule is COc1ccc2c(c1)c(CC(=O)Nc1nc(C)cs1)c(C)n2C(=O)c1ccc(Cl)cc1. The number of ether oxygens (including phenoxy) is 1. The summed E-state index contributed by atoms with van der Waals surface area (Å²) in [6.45, 7) is 3.72. The van der Waals surface area contributed by atoms with Crippen LogP contribution in [0.5, 0.6) is 5.75 Å². The van der Waals surface area contributed by atoms with Gasteiger partial charge in [0.1, 0.15) is 5.75 Å². The highest BCUT2D eigenvalue weighted by Gasteiger charge is 2.22. The van der Waals surface area contributed by atoms with Gasteiger partial charge in [0.15, 0.2) is 5.13 Å². The Balaban J connectivity index is 1.77. The molecule has 0 unspecified atom stereocenters. The maximum Gasteiger partial charge on any atom is 0.262 e. The minimum Gasteiger partial charge on any atom is -0.497 e. The molecule has 0 aliphatic heterocycles. The molecule has 4 rings (SSSR count). The largest absolute Gasteiger partial charge is 0.497 e. The third kappa shape index (κ3) is 4.19. The first-order chi connectivity index (χ1) is 14.9. The molecule has 0 aliphatic carbocycles. The molecule has 4 aromatic rings. The Morgan fingerprint density at radius 3 is 2.55 bits per heavy atom. The fourth-order valence-electron chi connectivity index (χ4n) is 3.53. The van der Waals surface area contributed by atoms with Crippen molar-refractivity contribution in [3.63, 3.8) is 0 Å². The van der Waals surface area contributed by atoms with Gasteiger partial charge in [0.25, 0.3) is 5.91 Å². The van der Waals surface area contributed by atoms with E-state index < -0.39 is 0 Å². The quantitative estimate of drug-likeness (QED) is 0.448. The number of anilines is 1. The summed E-state index contributed by atoms with van der Waals surface area (Å²) >= 11 is 7.35. The molecule has 2 heterocycles. The van der Waals surface area contributed by atoms with Crippen molar-refractivity contribution in [1.29, 1.82) is 0 Å². The number of fused-ring (bicyclic) bond motifs is 1. The van der Waals surface area contributed by atoms with Gasteiger partial charge in [-0.3, -0.25) is 14.2 Å². The molecule has 0 saturated heterocycles. The van der Waals surface area contributed by atoms with Crippen LogP contribution in [-0.4, -0.2) is 28.5 Å². The molecule has 0 atom stereocenters. The monoisotopic (exact) mass is 453 g/mol. The summed E-state index contributed by atoms with van der Waals surface area (Å²) in [5.74, 6) is 0.269. The van der Waals surface area contributed by atoms with E-state index in [0.717, 1.165) is 16.6 Å². The number of nitrogens with zero attached hydrogens (tertiary/aromatic N) is 2. The number of hydrogen-bond donors (Lipinski definition) is 1. The molecule has 158 valence electrons. The van der Waals surface area contributed by atoms with Crippen molar-refractivity contribution in [2.24, 2.45) is 0 Å². The van der Waals surface area contributed by atoms with E-state index in [2.05, 4.69) is 10.3 Å². The molecule has 0 saturated carbocycles. The zero-order chi connectivity index (χ0) is 22.1. The van der Waals surface area contributed by atoms with Crippen LogP contribution in [0.2, 0.25) is 5.02 Å². The third-order valence-corrected chi connectivity index (χ3v) is 6.17. The van der Waals surface area contributed by atoms with E-state index in [9.17, 15) is 9.59 Å². The molecule has 31 heavy (non-hydrogen) atoms. The summed E-state index contributed by atoms with van der Waals surface area (Å²) in [7, 11) is 1.58. The van der Waals surface area contributed by atoms with Gasteiger partial charge in [-0.2, -0.15) is 0 Å². The molecule has 0 spiro atoms. The van der Waals surface area contributed by atoms with Crippen LogP contribution >= 0.6 is 22.9 Å². The van der Waals surface area contributed by atoms with E-state index in [4.69, 9.17) is 16.3 Å². The highest BCUT2D eigenvalue weighted by atomic mass is 35.5. The number of hydrogen-bond acceptors (Lipinski definition) is 5. The van der Waals surface area contributed by atoms with Crippen LogP contribution < -0.4 is 10.1 Å². The lowest BCUT2D eigenvalue weighted by molar-refractivity contribution is -0.115. The first kappa shape index (κ1) is 21.1. The van der Waals surface area contributed by atoms with Crippen molar-refractivity contribution in [2.75, 3.05) is 12.4 Å². The smallest absolute Gasteiger partial charge is 0.262 e. The van der Waals surface area contributed by atoms with Gasteiger partial charge in [0.2, 0.25) is 5.91 Å². The van der Waals surface area contributed by atoms with E-state index in [1.54, 1.807) is 42.0 Å². The third-order valence-electron chi connectivity index (χ3n) is 5.04. The lowest BCUT2D eigenvalue weighted by Gasteiger charge is -2.08. The number of amides is 1. The van der Waals surface area contributed by atoms with Gasteiger partial charge in [-0.05, 0) is 61.9 Å². The molecule has 2 aromatic heterocycles. The molecule has 1 amide bonds. The van der Waals surface area contributed by atoms with Gasteiger partial charge in [-0.25, -0.2) is 4.98 Å². The average molecular weight is 454 g/mol. The number of halogens is 1. The van der Waals surface area contributed by atoms with Crippen LogP contribution in [0.4, 0.5) is 5.13 Å². The van der Waals surface area contributed by atoms with Crippen molar-refractivity contribution in [3.05, 3.63) is 75.4 Å². The number of nitrogens with one attached hydrogen (secondary N) is 1. The topological polar surface area (TPSA) is 73.2 Å². The summed E-state index contributed by atoms with van der Waals surface area (Å²) in [5.41, 5.74) is 3.54. The molecule has 0 aliphatic rings. The number of rotatable bonds is 5. The van der Waals surface area contributed by atoms with Gasteiger partial charge in [0, 0.05) is 27.0 Å². The second-order valence-electron chi connectivity index (χ2n) is 7.11. The molecule has 6 nitrogen and oxygen atoms in total. The Kier molecular flexibility index (Phi) is 5.80. The first-order valence-corrected chi connectivity index (χ1v) is 10.8. The average Bonchev–Trinajstić information content (AvgIpc) is 3.28. The summed E-state index contributed by atoms with van der Waals surface area (Å²) < 4.78 is 7.00. The van der Waals surface area contributed by atoms with Crippen LogP contribution in [0.1, 0.15) is 27.3 Å². The van der Waals surface area contributed by atoms with E-state index in [1.807, 2.05) is 31.4 Å². The molecule has 0 fully saturated rings. The fourth-order valence-corrected chi connectivity index (χ4v) is 4.36. The van der Waals surface area contributed by atoms with E-state index in [0.29, 0.717) is 32.7 Å². The Morgan fingerprint density at radius 1 is 1.16 bits per heavy atom. The fraction of sp³-hybridized carbons (Fsp3) is 0.174. The number of thiazole rings is 1. The highest BCUT2D eigenvalue weighted by molar-refractivity contribution is 7.13. The van der Waals surface area contributed by atoms with Gasteiger partial charge in [-0.15, -0.1) is 11.3 Å². The summed E-state index contributed by atoms with van der Waals surface area (Å²) in [5, 5.41) is 6.62. The molecular weight excluding hydrogens is 434 g/mol. The van der Waals surface area contributed by atoms with Crippen LogP contribution in [0, 0.1) is 13.8 Å². The van der Waals surface area contributed by atoms with Crippen molar-refractivity contribution < 1.29 is 14.3 Å². The Morgan fingerprint density at radius 2 is 1.90 bits per heavy atom. The lowest BCUT2D eigenvalue weighted by atomic mass is 10.1. The number of aryl methyl sites for hydroxylation is 1. The molecule has 8 heteroatoms. The van der Waals surface area contributed by atoms with Crippen LogP contribution in [0.25, 0.3) is 10.9 Å². The molecule has 0 radical (unpaired) electrons. The lowest BCUT2D eigenvalue weighted by Crippen LogP contribution is -2.16. The van der Waals surface area contributed by atoms with Gasteiger partial charge in [-0.1, -0.05) is 11.6 Å². The number of carbonyl (C=O) groups excluding carboxylic acids is 2. The normalized spacial score (nSPS) is 11.0. The maximum atomic E-state index is 13.3. The van der Waals surface area contributed by atoms with Crippen LogP contribution in [0.3, 0.4) is 0 Å².